The maximum Gasteiger partial charge on any atom is 0.331 e. The third kappa shape index (κ3) is 5.27. The van der Waals surface area contributed by atoms with E-state index in [0.717, 1.165) is 21.8 Å². The zero-order valence-corrected chi connectivity index (χ0v) is 17.2. The standard InChI is InChI=1S/C23H20N4O2S/c1-17-7-9-19(10-8-17)23-24-21(16-30-23)15-29-22(28)12-11-20-14-27(26-25-20)13-18-5-3-2-4-6-18/h2-12,14,16H,13,15H2,1H3/b12-11+. The summed E-state index contributed by atoms with van der Waals surface area (Å²) in [7, 11) is 0. The molecule has 0 saturated carbocycles. The number of benzene rings is 2. The molecule has 0 unspecified atom stereocenters. The lowest BCUT2D eigenvalue weighted by Gasteiger charge is -1.99. The van der Waals surface area contributed by atoms with Gasteiger partial charge in [0.2, 0.25) is 0 Å². The van der Waals surface area contributed by atoms with Crippen LogP contribution >= 0.6 is 11.3 Å². The van der Waals surface area contributed by atoms with Crippen LogP contribution < -0.4 is 0 Å². The fourth-order valence-electron chi connectivity index (χ4n) is 2.79. The summed E-state index contributed by atoms with van der Waals surface area (Å²) in [6, 6.07) is 18.2. The zero-order valence-electron chi connectivity index (χ0n) is 16.4. The van der Waals surface area contributed by atoms with E-state index in [9.17, 15) is 4.79 Å². The number of hydrogen-bond donors (Lipinski definition) is 0. The molecule has 0 saturated heterocycles. The van der Waals surface area contributed by atoms with Gasteiger partial charge in [0.25, 0.3) is 0 Å². The van der Waals surface area contributed by atoms with Gasteiger partial charge in [-0.15, -0.1) is 16.4 Å². The van der Waals surface area contributed by atoms with Crippen molar-refractivity contribution >= 4 is 23.4 Å². The molecular formula is C23H20N4O2S. The Bertz CT molecular complexity index is 1150. The predicted octanol–water partition coefficient (Wildman–Crippen LogP) is 4.51. The van der Waals surface area contributed by atoms with Crippen LogP contribution in [0.15, 0.2) is 72.3 Å². The Kier molecular flexibility index (Phi) is 6.10. The number of aromatic nitrogens is 4. The van der Waals surface area contributed by atoms with Gasteiger partial charge in [-0.2, -0.15) is 0 Å². The molecule has 0 fully saturated rings. The summed E-state index contributed by atoms with van der Waals surface area (Å²) in [5, 5.41) is 10.9. The van der Waals surface area contributed by atoms with Gasteiger partial charge in [-0.1, -0.05) is 65.4 Å². The molecule has 0 N–H and O–H groups in total. The average Bonchev–Trinajstić information content (AvgIpc) is 3.42. The molecular weight excluding hydrogens is 396 g/mol. The molecule has 2 heterocycles. The monoisotopic (exact) mass is 416 g/mol. The van der Waals surface area contributed by atoms with Gasteiger partial charge < -0.3 is 4.74 Å². The smallest absolute Gasteiger partial charge is 0.331 e. The highest BCUT2D eigenvalue weighted by Crippen LogP contribution is 2.24. The van der Waals surface area contributed by atoms with Crippen molar-refractivity contribution in [2.75, 3.05) is 0 Å². The van der Waals surface area contributed by atoms with Crippen LogP contribution in [0.4, 0.5) is 0 Å². The Morgan fingerprint density at radius 1 is 1.13 bits per heavy atom. The number of esters is 1. The molecule has 30 heavy (non-hydrogen) atoms. The van der Waals surface area contributed by atoms with Crippen molar-refractivity contribution in [2.24, 2.45) is 0 Å². The number of thiazole rings is 1. The summed E-state index contributed by atoms with van der Waals surface area (Å²) in [6.45, 7) is 2.80. The topological polar surface area (TPSA) is 69.9 Å². The van der Waals surface area contributed by atoms with Crippen molar-refractivity contribution in [3.8, 4) is 10.6 Å². The lowest BCUT2D eigenvalue weighted by atomic mass is 10.2. The van der Waals surface area contributed by atoms with Gasteiger partial charge in [-0.05, 0) is 18.6 Å². The lowest BCUT2D eigenvalue weighted by molar-refractivity contribution is -0.139. The van der Waals surface area contributed by atoms with E-state index in [1.807, 2.05) is 54.8 Å². The van der Waals surface area contributed by atoms with Gasteiger partial charge in [0.05, 0.1) is 18.4 Å². The number of nitrogens with zero attached hydrogens (tertiary/aromatic N) is 4. The summed E-state index contributed by atoms with van der Waals surface area (Å²) >= 11 is 1.53. The third-order valence-electron chi connectivity index (χ3n) is 4.35. The molecule has 0 radical (unpaired) electrons. The molecule has 0 spiro atoms. The van der Waals surface area contributed by atoms with E-state index in [4.69, 9.17) is 4.74 Å². The maximum atomic E-state index is 12.0. The van der Waals surface area contributed by atoms with Gasteiger partial charge in [-0.3, -0.25) is 0 Å². The minimum Gasteiger partial charge on any atom is -0.456 e. The lowest BCUT2D eigenvalue weighted by Crippen LogP contribution is -2.01. The summed E-state index contributed by atoms with van der Waals surface area (Å²) in [6.07, 6.45) is 4.73. The maximum absolute atomic E-state index is 12.0. The van der Waals surface area contributed by atoms with Crippen LogP contribution in [-0.2, 0) is 22.7 Å². The molecule has 2 aromatic carbocycles. The Balaban J connectivity index is 1.29. The van der Waals surface area contributed by atoms with E-state index in [2.05, 4.69) is 27.4 Å². The van der Waals surface area contributed by atoms with E-state index in [0.29, 0.717) is 12.2 Å². The molecule has 150 valence electrons. The molecule has 4 rings (SSSR count). The number of aryl methyl sites for hydroxylation is 1. The molecule has 0 aliphatic carbocycles. The first-order chi connectivity index (χ1) is 14.7. The second-order valence-electron chi connectivity index (χ2n) is 6.78. The number of carbonyl (C=O) groups is 1. The van der Waals surface area contributed by atoms with Crippen LogP contribution in [0.25, 0.3) is 16.6 Å². The number of rotatable bonds is 7. The Morgan fingerprint density at radius 3 is 2.73 bits per heavy atom. The average molecular weight is 417 g/mol. The normalized spacial score (nSPS) is 11.1. The van der Waals surface area contributed by atoms with Crippen LogP contribution in [0.1, 0.15) is 22.5 Å². The number of ether oxygens (including phenoxy) is 1. The molecule has 0 aliphatic heterocycles. The van der Waals surface area contributed by atoms with Gasteiger partial charge in [0.15, 0.2) is 0 Å². The largest absolute Gasteiger partial charge is 0.456 e. The summed E-state index contributed by atoms with van der Waals surface area (Å²) in [4.78, 5) is 16.5. The Labute approximate surface area is 178 Å². The fourth-order valence-corrected chi connectivity index (χ4v) is 3.60. The molecule has 0 aliphatic rings. The van der Waals surface area contributed by atoms with Gasteiger partial charge in [0.1, 0.15) is 17.3 Å². The van der Waals surface area contributed by atoms with E-state index in [1.165, 1.54) is 23.0 Å². The van der Waals surface area contributed by atoms with Crippen LogP contribution in [0.3, 0.4) is 0 Å². The first kappa shape index (κ1) is 19.7. The molecule has 0 bridgehead atoms. The van der Waals surface area contributed by atoms with Crippen molar-refractivity contribution in [3.05, 3.63) is 94.8 Å². The second kappa shape index (κ2) is 9.28. The molecule has 0 amide bonds. The highest BCUT2D eigenvalue weighted by molar-refractivity contribution is 7.13. The van der Waals surface area contributed by atoms with E-state index in [-0.39, 0.29) is 6.61 Å². The fraction of sp³-hybridized carbons (Fsp3) is 0.130. The SMILES string of the molecule is Cc1ccc(-c2nc(COC(=O)/C=C/c3cn(Cc4ccccc4)nn3)cs2)cc1. The molecule has 6 nitrogen and oxygen atoms in total. The zero-order chi connectivity index (χ0) is 20.8. The van der Waals surface area contributed by atoms with E-state index in [1.54, 1.807) is 17.0 Å². The van der Waals surface area contributed by atoms with Crippen LogP contribution in [0.5, 0.6) is 0 Å². The highest BCUT2D eigenvalue weighted by Gasteiger charge is 2.07. The Morgan fingerprint density at radius 2 is 1.93 bits per heavy atom. The van der Waals surface area contributed by atoms with Crippen molar-refractivity contribution in [1.82, 2.24) is 20.0 Å². The second-order valence-corrected chi connectivity index (χ2v) is 7.64. The number of hydrogen-bond acceptors (Lipinski definition) is 6. The highest BCUT2D eigenvalue weighted by atomic mass is 32.1. The minimum absolute atomic E-state index is 0.131. The molecule has 4 aromatic rings. The van der Waals surface area contributed by atoms with Gasteiger partial charge in [0, 0.05) is 17.0 Å². The van der Waals surface area contributed by atoms with Crippen LogP contribution in [0, 0.1) is 6.92 Å². The van der Waals surface area contributed by atoms with E-state index < -0.39 is 5.97 Å². The summed E-state index contributed by atoms with van der Waals surface area (Å²) in [5.41, 5.74) is 4.72. The Hall–Kier alpha value is -3.58. The quantitative estimate of drug-likeness (QED) is 0.327. The molecule has 0 atom stereocenters. The summed E-state index contributed by atoms with van der Waals surface area (Å²) in [5.74, 6) is -0.447. The van der Waals surface area contributed by atoms with E-state index >= 15 is 0 Å². The first-order valence-corrected chi connectivity index (χ1v) is 10.3. The van der Waals surface area contributed by atoms with Crippen molar-refractivity contribution in [1.29, 1.82) is 0 Å². The predicted molar refractivity (Wildman–Crippen MR) is 117 cm³/mol. The van der Waals surface area contributed by atoms with Gasteiger partial charge >= 0.3 is 5.97 Å². The van der Waals surface area contributed by atoms with Crippen LogP contribution in [-0.4, -0.2) is 25.9 Å². The van der Waals surface area contributed by atoms with Crippen molar-refractivity contribution in [2.45, 2.75) is 20.1 Å². The third-order valence-corrected chi connectivity index (χ3v) is 5.29. The van der Waals surface area contributed by atoms with Gasteiger partial charge in [-0.25, -0.2) is 14.5 Å². The molecule has 7 heteroatoms. The van der Waals surface area contributed by atoms with Crippen molar-refractivity contribution in [3.63, 3.8) is 0 Å². The first-order valence-electron chi connectivity index (χ1n) is 9.46. The minimum atomic E-state index is -0.447. The van der Waals surface area contributed by atoms with Crippen LogP contribution in [0.2, 0.25) is 0 Å². The molecule has 2 aromatic heterocycles. The summed E-state index contributed by atoms with van der Waals surface area (Å²) < 4.78 is 7.01. The number of carbonyl (C=O) groups excluding carboxylic acids is 1. The van der Waals surface area contributed by atoms with Crippen molar-refractivity contribution < 1.29 is 9.53 Å².